The van der Waals surface area contributed by atoms with Gasteiger partial charge >= 0.3 is 0 Å². The molecule has 1 aromatic rings. The number of nitrogens with zero attached hydrogens (tertiary/aromatic N) is 1. The Morgan fingerprint density at radius 1 is 1.19 bits per heavy atom. The van der Waals surface area contributed by atoms with Gasteiger partial charge in [0, 0.05) is 18.8 Å². The van der Waals surface area contributed by atoms with Crippen molar-refractivity contribution >= 4 is 5.69 Å². The minimum absolute atomic E-state index is 0.415. The lowest BCUT2D eigenvalue weighted by molar-refractivity contribution is 0.199. The maximum atomic E-state index is 9.41. The molecule has 0 fully saturated rings. The van der Waals surface area contributed by atoms with Gasteiger partial charge in [0.05, 0.1) is 6.10 Å². The Morgan fingerprint density at radius 2 is 1.69 bits per heavy atom. The van der Waals surface area contributed by atoms with Crippen molar-refractivity contribution in [3.05, 3.63) is 55.1 Å². The largest absolute Gasteiger partial charge is 0.389 e. The molecular weight excluding hydrogens is 198 g/mol. The van der Waals surface area contributed by atoms with Crippen LogP contribution in [-0.2, 0) is 0 Å². The molecule has 0 saturated carbocycles. The van der Waals surface area contributed by atoms with Crippen molar-refractivity contribution in [2.75, 3.05) is 18.0 Å². The van der Waals surface area contributed by atoms with Gasteiger partial charge in [0.15, 0.2) is 0 Å². The summed E-state index contributed by atoms with van der Waals surface area (Å²) in [5.41, 5.74) is 2.05. The molecule has 0 aliphatic heterocycles. The van der Waals surface area contributed by atoms with Crippen LogP contribution in [-0.4, -0.2) is 18.2 Å². The van der Waals surface area contributed by atoms with Gasteiger partial charge in [-0.15, -0.1) is 13.2 Å². The maximum absolute atomic E-state index is 9.41. The zero-order valence-corrected chi connectivity index (χ0v) is 9.76. The lowest BCUT2D eigenvalue weighted by atomic mass is 10.1. The average molecular weight is 217 g/mol. The molecule has 86 valence electrons. The monoisotopic (exact) mass is 217 g/mol. The molecule has 0 radical (unpaired) electrons. The average Bonchev–Trinajstić information content (AvgIpc) is 2.29. The number of hydrogen-bond donors (Lipinski definition) is 1. The number of aliphatic hydroxyl groups excluding tert-OH is 1. The van der Waals surface area contributed by atoms with Crippen molar-refractivity contribution in [3.63, 3.8) is 0 Å². The molecule has 0 bridgehead atoms. The minimum Gasteiger partial charge on any atom is -0.389 e. The first-order chi connectivity index (χ1) is 7.69. The summed E-state index contributed by atoms with van der Waals surface area (Å²) in [6.45, 7) is 10.8. The molecule has 2 nitrogen and oxygen atoms in total. The van der Waals surface area contributed by atoms with Gasteiger partial charge in [-0.2, -0.15) is 0 Å². The van der Waals surface area contributed by atoms with E-state index in [1.54, 1.807) is 6.92 Å². The van der Waals surface area contributed by atoms with Crippen molar-refractivity contribution in [3.8, 4) is 0 Å². The first-order valence-corrected chi connectivity index (χ1v) is 5.43. The number of benzene rings is 1. The van der Waals surface area contributed by atoms with Crippen molar-refractivity contribution in [2.24, 2.45) is 0 Å². The highest BCUT2D eigenvalue weighted by atomic mass is 16.3. The zero-order valence-electron chi connectivity index (χ0n) is 9.76. The first kappa shape index (κ1) is 12.5. The van der Waals surface area contributed by atoms with Crippen LogP contribution in [0, 0.1) is 0 Å². The van der Waals surface area contributed by atoms with Crippen LogP contribution < -0.4 is 4.90 Å². The zero-order chi connectivity index (χ0) is 12.0. The van der Waals surface area contributed by atoms with Crippen LogP contribution >= 0.6 is 0 Å². The van der Waals surface area contributed by atoms with E-state index >= 15 is 0 Å². The van der Waals surface area contributed by atoms with Crippen LogP contribution in [0.15, 0.2) is 49.6 Å². The maximum Gasteiger partial charge on any atom is 0.0761 e. The van der Waals surface area contributed by atoms with E-state index in [2.05, 4.69) is 18.1 Å². The predicted octanol–water partition coefficient (Wildman–Crippen LogP) is 2.92. The summed E-state index contributed by atoms with van der Waals surface area (Å²) < 4.78 is 0. The molecule has 0 spiro atoms. The van der Waals surface area contributed by atoms with Crippen molar-refractivity contribution in [1.29, 1.82) is 0 Å². The molecule has 1 atom stereocenters. The normalized spacial score (nSPS) is 11.9. The van der Waals surface area contributed by atoms with Gasteiger partial charge in [-0.05, 0) is 24.6 Å². The molecule has 2 heteroatoms. The molecule has 1 N–H and O–H groups in total. The highest BCUT2D eigenvalue weighted by Gasteiger charge is 2.04. The molecule has 16 heavy (non-hydrogen) atoms. The topological polar surface area (TPSA) is 23.5 Å². The SMILES string of the molecule is C=CCN(CC=C)c1ccc([C@@H](C)O)cc1. The fourth-order valence-corrected chi connectivity index (χ4v) is 1.56. The third-order valence-electron chi connectivity index (χ3n) is 2.44. The minimum atomic E-state index is -0.415. The van der Waals surface area contributed by atoms with Crippen LogP contribution in [0.4, 0.5) is 5.69 Å². The molecule has 0 heterocycles. The standard InChI is InChI=1S/C14H19NO/c1-4-10-15(11-5-2)14-8-6-13(7-9-14)12(3)16/h4-9,12,16H,1-2,10-11H2,3H3/t12-/m1/s1. The van der Waals surface area contributed by atoms with Crippen LogP contribution in [0.2, 0.25) is 0 Å². The van der Waals surface area contributed by atoms with Gasteiger partial charge in [0.2, 0.25) is 0 Å². The van der Waals surface area contributed by atoms with E-state index in [1.807, 2.05) is 36.4 Å². The van der Waals surface area contributed by atoms with Crippen LogP contribution in [0.3, 0.4) is 0 Å². The summed E-state index contributed by atoms with van der Waals surface area (Å²) in [5, 5.41) is 9.41. The second-order valence-electron chi connectivity index (χ2n) is 3.75. The Kier molecular flexibility index (Phi) is 4.80. The molecule has 0 saturated heterocycles. The number of hydrogen-bond acceptors (Lipinski definition) is 2. The van der Waals surface area contributed by atoms with Crippen LogP contribution in [0.1, 0.15) is 18.6 Å². The van der Waals surface area contributed by atoms with E-state index in [9.17, 15) is 5.11 Å². The molecule has 1 rings (SSSR count). The summed E-state index contributed by atoms with van der Waals surface area (Å²) in [7, 11) is 0. The summed E-state index contributed by atoms with van der Waals surface area (Å²) in [6, 6.07) is 7.91. The van der Waals surface area contributed by atoms with Gasteiger partial charge in [-0.3, -0.25) is 0 Å². The summed E-state index contributed by atoms with van der Waals surface area (Å²) in [4.78, 5) is 2.16. The van der Waals surface area contributed by atoms with Gasteiger partial charge in [-0.25, -0.2) is 0 Å². The summed E-state index contributed by atoms with van der Waals surface area (Å²) in [5.74, 6) is 0. The van der Waals surface area contributed by atoms with Gasteiger partial charge in [-0.1, -0.05) is 24.3 Å². The Hall–Kier alpha value is -1.54. The predicted molar refractivity (Wildman–Crippen MR) is 69.7 cm³/mol. The van der Waals surface area contributed by atoms with E-state index < -0.39 is 6.10 Å². The summed E-state index contributed by atoms with van der Waals surface area (Å²) in [6.07, 6.45) is 3.32. The van der Waals surface area contributed by atoms with Crippen LogP contribution in [0.25, 0.3) is 0 Å². The molecule has 0 aromatic heterocycles. The van der Waals surface area contributed by atoms with Gasteiger partial charge in [0.25, 0.3) is 0 Å². The lowest BCUT2D eigenvalue weighted by Gasteiger charge is -2.22. The van der Waals surface area contributed by atoms with Crippen LogP contribution in [0.5, 0.6) is 0 Å². The highest BCUT2D eigenvalue weighted by Crippen LogP contribution is 2.18. The van der Waals surface area contributed by atoms with Gasteiger partial charge in [0.1, 0.15) is 0 Å². The first-order valence-electron chi connectivity index (χ1n) is 5.43. The molecule has 0 aliphatic rings. The smallest absolute Gasteiger partial charge is 0.0761 e. The fraction of sp³-hybridized carbons (Fsp3) is 0.286. The summed E-state index contributed by atoms with van der Waals surface area (Å²) >= 11 is 0. The molecule has 1 aromatic carbocycles. The Balaban J connectivity index is 2.84. The second kappa shape index (κ2) is 6.13. The molecule has 0 aliphatic carbocycles. The quantitative estimate of drug-likeness (QED) is 0.741. The van der Waals surface area contributed by atoms with Crippen molar-refractivity contribution < 1.29 is 5.11 Å². The molecular formula is C14H19NO. The third-order valence-corrected chi connectivity index (χ3v) is 2.44. The fourth-order valence-electron chi connectivity index (χ4n) is 1.56. The van der Waals surface area contributed by atoms with E-state index in [0.717, 1.165) is 24.3 Å². The number of rotatable bonds is 6. The van der Waals surface area contributed by atoms with Gasteiger partial charge < -0.3 is 10.0 Å². The highest BCUT2D eigenvalue weighted by molar-refractivity contribution is 5.49. The Morgan fingerprint density at radius 3 is 2.06 bits per heavy atom. The van der Waals surface area contributed by atoms with E-state index in [4.69, 9.17) is 0 Å². The van der Waals surface area contributed by atoms with E-state index in [1.165, 1.54) is 0 Å². The van der Waals surface area contributed by atoms with Crippen molar-refractivity contribution in [2.45, 2.75) is 13.0 Å². The van der Waals surface area contributed by atoms with E-state index in [0.29, 0.717) is 0 Å². The van der Waals surface area contributed by atoms with E-state index in [-0.39, 0.29) is 0 Å². The molecule has 0 unspecified atom stereocenters. The second-order valence-corrected chi connectivity index (χ2v) is 3.75. The number of aliphatic hydroxyl groups is 1. The Bertz CT molecular complexity index is 330. The molecule has 0 amide bonds. The number of anilines is 1. The Labute approximate surface area is 97.5 Å². The lowest BCUT2D eigenvalue weighted by Crippen LogP contribution is -2.22. The third kappa shape index (κ3) is 3.24. The van der Waals surface area contributed by atoms with Crippen molar-refractivity contribution in [1.82, 2.24) is 0 Å².